The van der Waals surface area contributed by atoms with E-state index >= 15 is 0 Å². The average molecular weight is 443 g/mol. The third kappa shape index (κ3) is 3.71. The fourth-order valence-corrected chi connectivity index (χ4v) is 4.36. The second-order valence-electron chi connectivity index (χ2n) is 7.61. The van der Waals surface area contributed by atoms with Gasteiger partial charge in [-0.05, 0) is 48.9 Å². The Labute approximate surface area is 173 Å². The molecular weight excluding hydrogens is 420 g/mol. The first kappa shape index (κ1) is 19.2. The summed E-state index contributed by atoms with van der Waals surface area (Å²) < 4.78 is 6.50. The summed E-state index contributed by atoms with van der Waals surface area (Å²) in [6.07, 6.45) is 0.715. The van der Waals surface area contributed by atoms with Gasteiger partial charge in [0.2, 0.25) is 5.91 Å². The molecule has 1 aliphatic heterocycles. The van der Waals surface area contributed by atoms with Crippen LogP contribution in [0.1, 0.15) is 25.3 Å². The maximum atomic E-state index is 13.1. The summed E-state index contributed by atoms with van der Waals surface area (Å²) in [6.45, 7) is 4.52. The Morgan fingerprint density at radius 2 is 1.96 bits per heavy atom. The van der Waals surface area contributed by atoms with Crippen LogP contribution in [0.3, 0.4) is 0 Å². The molecule has 1 saturated heterocycles. The molecule has 0 radical (unpaired) electrons. The highest BCUT2D eigenvalue weighted by atomic mass is 79.9. The molecule has 5 nitrogen and oxygen atoms in total. The van der Waals surface area contributed by atoms with Crippen LogP contribution in [0.15, 0.2) is 53.0 Å². The van der Waals surface area contributed by atoms with E-state index in [9.17, 15) is 9.59 Å². The first-order chi connectivity index (χ1) is 13.5. The van der Waals surface area contributed by atoms with Gasteiger partial charge in [0.05, 0.1) is 18.1 Å². The highest BCUT2D eigenvalue weighted by Crippen LogP contribution is 2.43. The van der Waals surface area contributed by atoms with Gasteiger partial charge in [-0.2, -0.15) is 0 Å². The van der Waals surface area contributed by atoms with Crippen LogP contribution in [0, 0.1) is 0 Å². The molecule has 146 valence electrons. The SMILES string of the molecule is C[C@H]1CN(c2ccc(NC(=O)C3(c4cccc(Br)c4)CC(=O)C3)cc2)CCO1. The molecule has 0 unspecified atom stereocenters. The number of carbonyl (C=O) groups is 2. The van der Waals surface area contributed by atoms with Crippen LogP contribution in [-0.2, 0) is 19.7 Å². The Bertz CT molecular complexity index is 889. The van der Waals surface area contributed by atoms with Crippen molar-refractivity contribution in [2.24, 2.45) is 0 Å². The second-order valence-corrected chi connectivity index (χ2v) is 8.53. The summed E-state index contributed by atoms with van der Waals surface area (Å²) in [5, 5.41) is 3.01. The van der Waals surface area contributed by atoms with Crippen molar-refractivity contribution >= 4 is 39.0 Å². The first-order valence-corrected chi connectivity index (χ1v) is 10.3. The average Bonchev–Trinajstić information content (AvgIpc) is 2.66. The highest BCUT2D eigenvalue weighted by molar-refractivity contribution is 9.10. The molecule has 2 aromatic rings. The van der Waals surface area contributed by atoms with Gasteiger partial charge < -0.3 is 15.0 Å². The maximum Gasteiger partial charge on any atom is 0.235 e. The van der Waals surface area contributed by atoms with Crippen LogP contribution in [-0.4, -0.2) is 37.5 Å². The van der Waals surface area contributed by atoms with Gasteiger partial charge in [-0.15, -0.1) is 0 Å². The lowest BCUT2D eigenvalue weighted by atomic mass is 9.63. The van der Waals surface area contributed by atoms with E-state index in [2.05, 4.69) is 33.1 Å². The summed E-state index contributed by atoms with van der Waals surface area (Å²) in [6, 6.07) is 15.5. The third-order valence-electron chi connectivity index (χ3n) is 5.54. The highest BCUT2D eigenvalue weighted by Gasteiger charge is 2.51. The second kappa shape index (κ2) is 7.68. The zero-order valence-corrected chi connectivity index (χ0v) is 17.4. The topological polar surface area (TPSA) is 58.6 Å². The molecule has 6 heteroatoms. The molecule has 0 aromatic heterocycles. The summed E-state index contributed by atoms with van der Waals surface area (Å²) in [5.41, 5.74) is 1.95. The number of benzene rings is 2. The van der Waals surface area contributed by atoms with Gasteiger partial charge in [0.1, 0.15) is 5.78 Å². The van der Waals surface area contributed by atoms with Gasteiger partial charge >= 0.3 is 0 Å². The minimum absolute atomic E-state index is 0.118. The van der Waals surface area contributed by atoms with Gasteiger partial charge in [-0.25, -0.2) is 0 Å². The number of rotatable bonds is 4. The number of ether oxygens (including phenoxy) is 1. The summed E-state index contributed by atoms with van der Waals surface area (Å²) in [4.78, 5) is 27.2. The zero-order valence-electron chi connectivity index (χ0n) is 15.8. The molecule has 0 spiro atoms. The summed E-state index contributed by atoms with van der Waals surface area (Å²) >= 11 is 3.46. The van der Waals surface area contributed by atoms with E-state index in [1.54, 1.807) is 0 Å². The molecule has 28 heavy (non-hydrogen) atoms. The first-order valence-electron chi connectivity index (χ1n) is 9.52. The number of ketones is 1. The van der Waals surface area contributed by atoms with Crippen LogP contribution in [0.25, 0.3) is 0 Å². The van der Waals surface area contributed by atoms with E-state index in [4.69, 9.17) is 4.74 Å². The van der Waals surface area contributed by atoms with Crippen LogP contribution >= 0.6 is 15.9 Å². The zero-order chi connectivity index (χ0) is 19.7. The van der Waals surface area contributed by atoms with Gasteiger partial charge in [0.25, 0.3) is 0 Å². The fraction of sp³-hybridized carbons (Fsp3) is 0.364. The maximum absolute atomic E-state index is 13.1. The number of nitrogens with one attached hydrogen (secondary N) is 1. The third-order valence-corrected chi connectivity index (χ3v) is 6.03. The quantitative estimate of drug-likeness (QED) is 0.779. The number of hydrogen-bond acceptors (Lipinski definition) is 4. The van der Waals surface area contributed by atoms with Crippen LogP contribution in [0.5, 0.6) is 0 Å². The largest absolute Gasteiger partial charge is 0.375 e. The molecule has 1 atom stereocenters. The number of morpholine rings is 1. The van der Waals surface area contributed by atoms with Crippen LogP contribution < -0.4 is 10.2 Å². The predicted octanol–water partition coefficient (Wildman–Crippen LogP) is 3.91. The molecule has 2 fully saturated rings. The van der Waals surface area contributed by atoms with Crippen molar-refractivity contribution < 1.29 is 14.3 Å². The molecule has 2 aliphatic rings. The fourth-order valence-electron chi connectivity index (χ4n) is 3.96. The molecule has 4 rings (SSSR count). The lowest BCUT2D eigenvalue weighted by Gasteiger charge is -2.39. The Kier molecular flexibility index (Phi) is 5.25. The Balaban J connectivity index is 1.50. The van der Waals surface area contributed by atoms with Crippen LogP contribution in [0.2, 0.25) is 0 Å². The number of amides is 1. The summed E-state index contributed by atoms with van der Waals surface area (Å²) in [7, 11) is 0. The number of anilines is 2. The molecule has 0 bridgehead atoms. The predicted molar refractivity (Wildman–Crippen MR) is 113 cm³/mol. The van der Waals surface area contributed by atoms with Crippen molar-refractivity contribution in [3.63, 3.8) is 0 Å². The molecule has 1 amide bonds. The molecule has 1 N–H and O–H groups in total. The van der Waals surface area contributed by atoms with Gasteiger partial charge in [-0.3, -0.25) is 9.59 Å². The van der Waals surface area contributed by atoms with E-state index in [-0.39, 0.29) is 30.6 Å². The minimum Gasteiger partial charge on any atom is -0.375 e. The normalized spacial score (nSPS) is 21.1. The van der Waals surface area contributed by atoms with E-state index in [0.717, 1.165) is 41.1 Å². The molecule has 1 saturated carbocycles. The smallest absolute Gasteiger partial charge is 0.235 e. The number of nitrogens with zero attached hydrogens (tertiary/aromatic N) is 1. The lowest BCUT2D eigenvalue weighted by molar-refractivity contribution is -0.138. The van der Waals surface area contributed by atoms with Gasteiger partial charge in [-0.1, -0.05) is 28.1 Å². The van der Waals surface area contributed by atoms with Crippen molar-refractivity contribution in [2.75, 3.05) is 29.9 Å². The molecule has 1 aliphatic carbocycles. The Morgan fingerprint density at radius 3 is 2.61 bits per heavy atom. The standard InChI is InChI=1S/C22H23BrN2O3/c1-15-14-25(9-10-28-15)19-7-5-18(6-8-19)24-21(27)22(12-20(26)13-22)16-3-2-4-17(23)11-16/h2-8,11,15H,9-10,12-14H2,1H3,(H,24,27)/t15-/m0/s1. The monoisotopic (exact) mass is 442 g/mol. The van der Waals surface area contributed by atoms with Crippen molar-refractivity contribution in [1.82, 2.24) is 0 Å². The van der Waals surface area contributed by atoms with Crippen molar-refractivity contribution in [2.45, 2.75) is 31.3 Å². The Hall–Kier alpha value is -2.18. The number of halogens is 1. The van der Waals surface area contributed by atoms with Gasteiger partial charge in [0, 0.05) is 41.8 Å². The number of carbonyl (C=O) groups excluding carboxylic acids is 2. The van der Waals surface area contributed by atoms with E-state index in [1.165, 1.54) is 0 Å². The van der Waals surface area contributed by atoms with E-state index in [0.29, 0.717) is 0 Å². The summed E-state index contributed by atoms with van der Waals surface area (Å²) in [5.74, 6) is -0.00939. The molecule has 2 aromatic carbocycles. The van der Waals surface area contributed by atoms with Crippen molar-refractivity contribution in [3.05, 3.63) is 58.6 Å². The number of hydrogen-bond donors (Lipinski definition) is 1. The number of Topliss-reactive ketones (excluding diaryl/α,β-unsaturated/α-hetero) is 1. The van der Waals surface area contributed by atoms with Crippen LogP contribution in [0.4, 0.5) is 11.4 Å². The van der Waals surface area contributed by atoms with E-state index in [1.807, 2.05) is 48.5 Å². The molecular formula is C22H23BrN2O3. The molecule has 1 heterocycles. The Morgan fingerprint density at radius 1 is 1.21 bits per heavy atom. The van der Waals surface area contributed by atoms with Crippen molar-refractivity contribution in [3.8, 4) is 0 Å². The van der Waals surface area contributed by atoms with Gasteiger partial charge in [0.15, 0.2) is 0 Å². The van der Waals surface area contributed by atoms with E-state index < -0.39 is 5.41 Å². The minimum atomic E-state index is -0.779. The lowest BCUT2D eigenvalue weighted by Crippen LogP contribution is -2.51. The van der Waals surface area contributed by atoms with Crippen molar-refractivity contribution in [1.29, 1.82) is 0 Å².